The Labute approximate surface area is 139 Å². The van der Waals surface area contributed by atoms with Gasteiger partial charge < -0.3 is 5.32 Å². The first kappa shape index (κ1) is 16.6. The molecule has 1 aromatic rings. The van der Waals surface area contributed by atoms with Crippen molar-refractivity contribution in [2.24, 2.45) is 5.10 Å². The van der Waals surface area contributed by atoms with Crippen LogP contribution in [0.1, 0.15) is 24.8 Å². The fourth-order valence-corrected chi connectivity index (χ4v) is 4.41. The van der Waals surface area contributed by atoms with Crippen molar-refractivity contribution in [3.05, 3.63) is 23.9 Å². The number of aryl methyl sites for hydroxylation is 1. The topological polar surface area (TPSA) is 109 Å². The molecule has 0 aromatic carbocycles. The molecule has 0 bridgehead atoms. The number of nitrogens with zero attached hydrogens (tertiary/aromatic N) is 3. The average molecular weight is 350 g/mol. The summed E-state index contributed by atoms with van der Waals surface area (Å²) in [6.07, 6.45) is 2.36. The van der Waals surface area contributed by atoms with Gasteiger partial charge in [0.05, 0.1) is 17.5 Å². The molecule has 3 heterocycles. The van der Waals surface area contributed by atoms with Crippen LogP contribution in [-0.4, -0.2) is 53.5 Å². The Morgan fingerprint density at radius 1 is 1.33 bits per heavy atom. The van der Waals surface area contributed by atoms with Gasteiger partial charge in [0.1, 0.15) is 11.5 Å². The zero-order valence-corrected chi connectivity index (χ0v) is 14.0. The molecule has 0 unspecified atom stereocenters. The maximum atomic E-state index is 12.3. The zero-order chi connectivity index (χ0) is 17.3. The third kappa shape index (κ3) is 3.61. The van der Waals surface area contributed by atoms with Crippen molar-refractivity contribution in [3.8, 4) is 0 Å². The maximum Gasteiger partial charge on any atom is 0.273 e. The van der Waals surface area contributed by atoms with E-state index in [4.69, 9.17) is 0 Å². The van der Waals surface area contributed by atoms with Crippen LogP contribution in [0.15, 0.2) is 23.4 Å². The molecule has 1 saturated heterocycles. The van der Waals surface area contributed by atoms with Gasteiger partial charge in [-0.05, 0) is 25.0 Å². The summed E-state index contributed by atoms with van der Waals surface area (Å²) in [4.78, 5) is 28.4. The number of hydrogen-bond donors (Lipinski definition) is 1. The predicted molar refractivity (Wildman–Crippen MR) is 88.2 cm³/mol. The quantitative estimate of drug-likeness (QED) is 0.853. The monoisotopic (exact) mass is 350 g/mol. The zero-order valence-electron chi connectivity index (χ0n) is 13.2. The van der Waals surface area contributed by atoms with E-state index < -0.39 is 21.8 Å². The molecule has 2 amide bonds. The first-order valence-corrected chi connectivity index (χ1v) is 9.50. The summed E-state index contributed by atoms with van der Waals surface area (Å²) in [6, 6.07) is 3.02. The van der Waals surface area contributed by atoms with Gasteiger partial charge in [-0.3, -0.25) is 9.59 Å². The average Bonchev–Trinajstić information content (AvgIpc) is 2.90. The molecule has 0 saturated carbocycles. The highest BCUT2D eigenvalue weighted by atomic mass is 32.2. The Hall–Kier alpha value is -2.29. The minimum Gasteiger partial charge on any atom is -0.305 e. The van der Waals surface area contributed by atoms with Gasteiger partial charge in [-0.1, -0.05) is 6.07 Å². The minimum atomic E-state index is -3.13. The summed E-state index contributed by atoms with van der Waals surface area (Å²) in [5.41, 5.74) is 1.18. The summed E-state index contributed by atoms with van der Waals surface area (Å²) in [5.74, 6) is -0.324. The van der Waals surface area contributed by atoms with Gasteiger partial charge in [0.15, 0.2) is 9.84 Å². The molecule has 0 radical (unpaired) electrons. The predicted octanol–water partition coefficient (Wildman–Crippen LogP) is 0.494. The molecule has 2 aliphatic heterocycles. The number of nitrogens with one attached hydrogen (secondary N) is 1. The van der Waals surface area contributed by atoms with Gasteiger partial charge in [0.2, 0.25) is 5.91 Å². The molecule has 0 aliphatic carbocycles. The van der Waals surface area contributed by atoms with Crippen LogP contribution in [0.3, 0.4) is 0 Å². The molecule has 2 aliphatic rings. The van der Waals surface area contributed by atoms with Gasteiger partial charge in [-0.25, -0.2) is 18.4 Å². The maximum absolute atomic E-state index is 12.3. The van der Waals surface area contributed by atoms with Gasteiger partial charge >= 0.3 is 0 Å². The third-order valence-corrected chi connectivity index (χ3v) is 5.78. The van der Waals surface area contributed by atoms with E-state index in [-0.39, 0.29) is 36.0 Å². The second kappa shape index (κ2) is 6.31. The number of rotatable bonds is 3. The van der Waals surface area contributed by atoms with Crippen LogP contribution in [0.5, 0.6) is 0 Å². The van der Waals surface area contributed by atoms with E-state index in [0.717, 1.165) is 5.56 Å². The van der Waals surface area contributed by atoms with Crippen molar-refractivity contribution in [1.29, 1.82) is 0 Å². The van der Waals surface area contributed by atoms with E-state index in [0.29, 0.717) is 12.2 Å². The minimum absolute atomic E-state index is 0.0474. The normalized spacial score (nSPS) is 23.0. The van der Waals surface area contributed by atoms with Crippen LogP contribution in [0.25, 0.3) is 0 Å². The number of carbonyl (C=O) groups excluding carboxylic acids is 2. The van der Waals surface area contributed by atoms with E-state index in [1.54, 1.807) is 12.3 Å². The highest BCUT2D eigenvalue weighted by molar-refractivity contribution is 7.91. The molecule has 9 heteroatoms. The Bertz CT molecular complexity index is 801. The lowest BCUT2D eigenvalue weighted by molar-refractivity contribution is -0.133. The van der Waals surface area contributed by atoms with Crippen molar-refractivity contribution in [2.45, 2.75) is 32.2 Å². The molecule has 1 fully saturated rings. The summed E-state index contributed by atoms with van der Waals surface area (Å²) >= 11 is 0. The van der Waals surface area contributed by atoms with Crippen LogP contribution in [0.2, 0.25) is 0 Å². The SMILES string of the molecule is Cc1ccc(NC(=O)C2=NN([C@@H]3CCS(=O)(=O)C3)C(=O)CC2)nc1. The lowest BCUT2D eigenvalue weighted by Crippen LogP contribution is -2.42. The lowest BCUT2D eigenvalue weighted by Gasteiger charge is -2.27. The molecule has 24 heavy (non-hydrogen) atoms. The lowest BCUT2D eigenvalue weighted by atomic mass is 10.1. The fourth-order valence-electron chi connectivity index (χ4n) is 2.72. The number of aromatic nitrogens is 1. The van der Waals surface area contributed by atoms with Crippen LogP contribution in [0.4, 0.5) is 5.82 Å². The molecule has 3 rings (SSSR count). The summed E-state index contributed by atoms with van der Waals surface area (Å²) < 4.78 is 23.2. The van der Waals surface area contributed by atoms with Crippen molar-refractivity contribution >= 4 is 33.2 Å². The van der Waals surface area contributed by atoms with E-state index >= 15 is 0 Å². The Kier molecular flexibility index (Phi) is 4.35. The van der Waals surface area contributed by atoms with Gasteiger partial charge in [-0.15, -0.1) is 0 Å². The van der Waals surface area contributed by atoms with Gasteiger partial charge in [0, 0.05) is 19.0 Å². The van der Waals surface area contributed by atoms with Crippen LogP contribution in [0, 0.1) is 6.92 Å². The molecule has 0 spiro atoms. The molecule has 128 valence electrons. The first-order valence-electron chi connectivity index (χ1n) is 7.68. The van der Waals surface area contributed by atoms with Crippen LogP contribution in [-0.2, 0) is 19.4 Å². The Morgan fingerprint density at radius 2 is 2.12 bits per heavy atom. The standard InChI is InChI=1S/C15H18N4O4S/c1-10-2-4-13(16-8-10)17-15(21)12-3-5-14(20)19(18-12)11-6-7-24(22,23)9-11/h2,4,8,11H,3,5-7,9H2,1H3,(H,16,17,21)/t11-/m1/s1. The van der Waals surface area contributed by atoms with Gasteiger partial charge in [0.25, 0.3) is 5.91 Å². The first-order chi connectivity index (χ1) is 11.3. The van der Waals surface area contributed by atoms with Crippen LogP contribution < -0.4 is 5.32 Å². The van der Waals surface area contributed by atoms with Crippen molar-refractivity contribution in [1.82, 2.24) is 9.99 Å². The number of sulfone groups is 1. The van der Waals surface area contributed by atoms with E-state index in [9.17, 15) is 18.0 Å². The van der Waals surface area contributed by atoms with Crippen molar-refractivity contribution in [2.75, 3.05) is 16.8 Å². The molecule has 1 aromatic heterocycles. The number of carbonyl (C=O) groups is 2. The molecule has 8 nitrogen and oxygen atoms in total. The number of hydrogen-bond acceptors (Lipinski definition) is 6. The molecule has 1 atom stereocenters. The number of amides is 2. The van der Waals surface area contributed by atoms with E-state index in [2.05, 4.69) is 15.4 Å². The van der Waals surface area contributed by atoms with Crippen molar-refractivity contribution in [3.63, 3.8) is 0 Å². The number of pyridine rings is 1. The second-order valence-electron chi connectivity index (χ2n) is 6.02. The molecular formula is C15H18N4O4S. The Balaban J connectivity index is 1.75. The summed E-state index contributed by atoms with van der Waals surface area (Å²) in [7, 11) is -3.13. The van der Waals surface area contributed by atoms with Crippen molar-refractivity contribution < 1.29 is 18.0 Å². The second-order valence-corrected chi connectivity index (χ2v) is 8.25. The van der Waals surface area contributed by atoms with Gasteiger partial charge in [-0.2, -0.15) is 5.10 Å². The highest BCUT2D eigenvalue weighted by Gasteiger charge is 2.37. The molecular weight excluding hydrogens is 332 g/mol. The largest absolute Gasteiger partial charge is 0.305 e. The smallest absolute Gasteiger partial charge is 0.273 e. The highest BCUT2D eigenvalue weighted by Crippen LogP contribution is 2.22. The fraction of sp³-hybridized carbons (Fsp3) is 0.467. The number of anilines is 1. The third-order valence-electron chi connectivity index (χ3n) is 4.03. The van der Waals surface area contributed by atoms with E-state index in [1.165, 1.54) is 5.01 Å². The summed E-state index contributed by atoms with van der Waals surface area (Å²) in [6.45, 7) is 1.89. The molecule has 1 N–H and O–H groups in total. The Morgan fingerprint density at radius 3 is 2.75 bits per heavy atom. The number of hydrazone groups is 1. The summed E-state index contributed by atoms with van der Waals surface area (Å²) in [5, 5.41) is 7.94. The van der Waals surface area contributed by atoms with Crippen LogP contribution >= 0.6 is 0 Å². The van der Waals surface area contributed by atoms with E-state index in [1.807, 2.05) is 13.0 Å².